The number of benzene rings is 2. The number of nitrogens with zero attached hydrogens (tertiary/aromatic N) is 2. The van der Waals surface area contributed by atoms with Gasteiger partial charge in [-0.2, -0.15) is 4.31 Å². The average molecular weight is 476 g/mol. The van der Waals surface area contributed by atoms with Gasteiger partial charge in [-0.05, 0) is 68.1 Å². The molecule has 9 heteroatoms. The first-order chi connectivity index (χ1) is 15.3. The molecule has 4 rings (SSSR count). The summed E-state index contributed by atoms with van der Waals surface area (Å²) in [6.45, 7) is 3.12. The van der Waals surface area contributed by atoms with Gasteiger partial charge >= 0.3 is 0 Å². The van der Waals surface area contributed by atoms with E-state index in [1.165, 1.54) is 16.4 Å². The van der Waals surface area contributed by atoms with Gasteiger partial charge in [-0.1, -0.05) is 17.7 Å². The fourth-order valence-corrected chi connectivity index (χ4v) is 5.91. The molecule has 1 atom stereocenters. The van der Waals surface area contributed by atoms with E-state index in [-0.39, 0.29) is 23.3 Å². The van der Waals surface area contributed by atoms with Gasteiger partial charge < -0.3 is 10.2 Å². The zero-order valence-corrected chi connectivity index (χ0v) is 19.5. The standard InChI is InChI=1S/C23H26ClN3O4S/c1-16-6-9-19(14-21(16)27-13-3-5-22(27)28)25-23(29)17-4-2-12-26(15-17)32(30,31)20-10-7-18(24)8-11-20/h6-11,14,17H,2-5,12-13,15H2,1H3,(H,25,29)/t17-/m0/s1. The van der Waals surface area contributed by atoms with Gasteiger partial charge in [-0.15, -0.1) is 0 Å². The number of aryl methyl sites for hydroxylation is 1. The molecular formula is C23H26ClN3O4S. The molecule has 2 fully saturated rings. The summed E-state index contributed by atoms with van der Waals surface area (Å²) in [6, 6.07) is 11.6. The largest absolute Gasteiger partial charge is 0.326 e. The molecule has 0 saturated carbocycles. The highest BCUT2D eigenvalue weighted by Gasteiger charge is 2.33. The van der Waals surface area contributed by atoms with Crippen molar-refractivity contribution >= 4 is 44.8 Å². The molecule has 1 N–H and O–H groups in total. The van der Waals surface area contributed by atoms with Gasteiger partial charge in [0.15, 0.2) is 0 Å². The summed E-state index contributed by atoms with van der Waals surface area (Å²) < 4.78 is 27.4. The first-order valence-corrected chi connectivity index (χ1v) is 12.5. The maximum Gasteiger partial charge on any atom is 0.243 e. The second-order valence-corrected chi connectivity index (χ2v) is 10.7. The number of hydrogen-bond donors (Lipinski definition) is 1. The Balaban J connectivity index is 1.47. The van der Waals surface area contributed by atoms with E-state index < -0.39 is 15.9 Å². The Labute approximate surface area is 193 Å². The number of amides is 2. The second kappa shape index (κ2) is 9.21. The van der Waals surface area contributed by atoms with Crippen LogP contribution in [0.3, 0.4) is 0 Å². The highest BCUT2D eigenvalue weighted by molar-refractivity contribution is 7.89. The number of carbonyl (C=O) groups is 2. The minimum absolute atomic E-state index is 0.0897. The molecule has 0 radical (unpaired) electrons. The van der Waals surface area contributed by atoms with E-state index in [1.807, 2.05) is 25.1 Å². The first kappa shape index (κ1) is 22.8. The molecule has 0 bridgehead atoms. The van der Waals surface area contributed by atoms with Crippen molar-refractivity contribution in [1.29, 1.82) is 0 Å². The number of rotatable bonds is 5. The lowest BCUT2D eigenvalue weighted by molar-refractivity contribution is -0.121. The molecule has 2 amide bonds. The number of anilines is 2. The lowest BCUT2D eigenvalue weighted by Gasteiger charge is -2.31. The molecule has 2 heterocycles. The second-order valence-electron chi connectivity index (χ2n) is 8.30. The summed E-state index contributed by atoms with van der Waals surface area (Å²) in [6.07, 6.45) is 2.58. The summed E-state index contributed by atoms with van der Waals surface area (Å²) >= 11 is 5.88. The van der Waals surface area contributed by atoms with Crippen molar-refractivity contribution in [3.63, 3.8) is 0 Å². The number of nitrogens with one attached hydrogen (secondary N) is 1. The van der Waals surface area contributed by atoms with Gasteiger partial charge in [-0.3, -0.25) is 9.59 Å². The number of halogens is 1. The third kappa shape index (κ3) is 4.67. The highest BCUT2D eigenvalue weighted by Crippen LogP contribution is 2.30. The summed E-state index contributed by atoms with van der Waals surface area (Å²) in [7, 11) is -3.70. The predicted molar refractivity (Wildman–Crippen MR) is 124 cm³/mol. The van der Waals surface area contributed by atoms with Crippen LogP contribution in [0.4, 0.5) is 11.4 Å². The molecule has 170 valence electrons. The Morgan fingerprint density at radius 1 is 1.09 bits per heavy atom. The topological polar surface area (TPSA) is 86.8 Å². The van der Waals surface area contributed by atoms with Crippen molar-refractivity contribution < 1.29 is 18.0 Å². The van der Waals surface area contributed by atoms with Gasteiger partial charge in [0.25, 0.3) is 0 Å². The van der Waals surface area contributed by atoms with Crippen LogP contribution < -0.4 is 10.2 Å². The van der Waals surface area contributed by atoms with E-state index in [1.54, 1.807) is 17.0 Å². The summed E-state index contributed by atoms with van der Waals surface area (Å²) in [5.74, 6) is -0.584. The molecule has 32 heavy (non-hydrogen) atoms. The van der Waals surface area contributed by atoms with E-state index in [9.17, 15) is 18.0 Å². The lowest BCUT2D eigenvalue weighted by atomic mass is 9.98. The van der Waals surface area contributed by atoms with Gasteiger partial charge in [0.2, 0.25) is 21.8 Å². The van der Waals surface area contributed by atoms with Gasteiger partial charge in [0.05, 0.1) is 10.8 Å². The molecule has 2 aliphatic rings. The SMILES string of the molecule is Cc1ccc(NC(=O)[C@H]2CCCN(S(=O)(=O)c3ccc(Cl)cc3)C2)cc1N1CCCC1=O. The fraction of sp³-hybridized carbons (Fsp3) is 0.391. The van der Waals surface area contributed by atoms with E-state index >= 15 is 0 Å². The average Bonchev–Trinajstić information content (AvgIpc) is 3.21. The van der Waals surface area contributed by atoms with Crippen molar-refractivity contribution in [3.05, 3.63) is 53.1 Å². The van der Waals surface area contributed by atoms with Crippen LogP contribution in [0.15, 0.2) is 47.4 Å². The Morgan fingerprint density at radius 2 is 1.84 bits per heavy atom. The van der Waals surface area contributed by atoms with Gasteiger partial charge in [0, 0.05) is 42.5 Å². The van der Waals surface area contributed by atoms with Crippen LogP contribution in [0, 0.1) is 12.8 Å². The number of carbonyl (C=O) groups excluding carboxylic acids is 2. The van der Waals surface area contributed by atoms with Crippen LogP contribution in [-0.4, -0.2) is 44.2 Å². The molecule has 0 aromatic heterocycles. The van der Waals surface area contributed by atoms with Crippen molar-refractivity contribution in [2.24, 2.45) is 5.92 Å². The van der Waals surface area contributed by atoms with Gasteiger partial charge in [-0.25, -0.2) is 8.42 Å². The van der Waals surface area contributed by atoms with E-state index in [0.29, 0.717) is 43.1 Å². The Bertz CT molecular complexity index is 1130. The molecule has 0 aliphatic carbocycles. The van der Waals surface area contributed by atoms with E-state index in [2.05, 4.69) is 5.32 Å². The molecular weight excluding hydrogens is 450 g/mol. The molecule has 0 spiro atoms. The van der Waals surface area contributed by atoms with Crippen LogP contribution in [-0.2, 0) is 19.6 Å². The molecule has 0 unspecified atom stereocenters. The number of piperidine rings is 1. The smallest absolute Gasteiger partial charge is 0.243 e. The first-order valence-electron chi connectivity index (χ1n) is 10.7. The van der Waals surface area contributed by atoms with Crippen LogP contribution in [0.5, 0.6) is 0 Å². The van der Waals surface area contributed by atoms with Crippen molar-refractivity contribution in [2.75, 3.05) is 29.9 Å². The lowest BCUT2D eigenvalue weighted by Crippen LogP contribution is -2.43. The third-order valence-electron chi connectivity index (χ3n) is 6.05. The zero-order chi connectivity index (χ0) is 22.9. The Hall–Kier alpha value is -2.42. The normalized spacial score (nSPS) is 19.9. The molecule has 7 nitrogen and oxygen atoms in total. The van der Waals surface area contributed by atoms with Crippen LogP contribution in [0.1, 0.15) is 31.2 Å². The van der Waals surface area contributed by atoms with E-state index in [4.69, 9.17) is 11.6 Å². The quantitative estimate of drug-likeness (QED) is 0.712. The summed E-state index contributed by atoms with van der Waals surface area (Å²) in [4.78, 5) is 27.0. The molecule has 2 aromatic rings. The maximum atomic E-state index is 13.0. The third-order valence-corrected chi connectivity index (χ3v) is 8.18. The van der Waals surface area contributed by atoms with Crippen LogP contribution >= 0.6 is 11.6 Å². The minimum atomic E-state index is -3.70. The Morgan fingerprint density at radius 3 is 2.53 bits per heavy atom. The van der Waals surface area contributed by atoms with E-state index in [0.717, 1.165) is 17.7 Å². The summed E-state index contributed by atoms with van der Waals surface area (Å²) in [5.41, 5.74) is 2.38. The number of sulfonamides is 1. The molecule has 2 aromatic carbocycles. The highest BCUT2D eigenvalue weighted by atomic mass is 35.5. The van der Waals surface area contributed by atoms with Crippen molar-refractivity contribution in [2.45, 2.75) is 37.5 Å². The number of hydrogen-bond acceptors (Lipinski definition) is 4. The van der Waals surface area contributed by atoms with Crippen LogP contribution in [0.25, 0.3) is 0 Å². The maximum absolute atomic E-state index is 13.0. The van der Waals surface area contributed by atoms with Crippen molar-refractivity contribution in [1.82, 2.24) is 4.31 Å². The monoisotopic (exact) mass is 475 g/mol. The van der Waals surface area contributed by atoms with Crippen LogP contribution in [0.2, 0.25) is 5.02 Å². The molecule has 2 aliphatic heterocycles. The minimum Gasteiger partial charge on any atom is -0.326 e. The van der Waals surface area contributed by atoms with Crippen molar-refractivity contribution in [3.8, 4) is 0 Å². The molecule has 2 saturated heterocycles. The fourth-order valence-electron chi connectivity index (χ4n) is 4.26. The summed E-state index contributed by atoms with van der Waals surface area (Å²) in [5, 5.41) is 3.39. The predicted octanol–water partition coefficient (Wildman–Crippen LogP) is 3.81. The Kier molecular flexibility index (Phi) is 6.55. The van der Waals surface area contributed by atoms with Gasteiger partial charge in [0.1, 0.15) is 0 Å². The zero-order valence-electron chi connectivity index (χ0n) is 17.9.